The minimum absolute atomic E-state index is 0.0605. The van der Waals surface area contributed by atoms with Gasteiger partial charge in [0.1, 0.15) is 0 Å². The summed E-state index contributed by atoms with van der Waals surface area (Å²) >= 11 is 7.38. The zero-order valence-corrected chi connectivity index (χ0v) is 10.9. The smallest absolute Gasteiger partial charge is 0.205 e. The minimum atomic E-state index is -0.0605. The van der Waals surface area contributed by atoms with E-state index < -0.39 is 0 Å². The Kier molecular flexibility index (Phi) is 3.50. The van der Waals surface area contributed by atoms with Crippen molar-refractivity contribution in [2.24, 2.45) is 0 Å². The van der Waals surface area contributed by atoms with Crippen LogP contribution in [0.3, 0.4) is 0 Å². The number of hydrogen-bond acceptors (Lipinski definition) is 3. The van der Waals surface area contributed by atoms with Crippen LogP contribution in [0.25, 0.3) is 0 Å². The summed E-state index contributed by atoms with van der Waals surface area (Å²) in [7, 11) is 0. The fourth-order valence-electron chi connectivity index (χ4n) is 1.55. The Hall–Kier alpha value is -1.32. The molecule has 4 heteroatoms. The summed E-state index contributed by atoms with van der Waals surface area (Å²) in [5.74, 6) is -0.0605. The predicted octanol–water partition coefficient (Wildman–Crippen LogP) is 3.78. The van der Waals surface area contributed by atoms with Gasteiger partial charge in [0.2, 0.25) is 5.78 Å². The van der Waals surface area contributed by atoms with Crippen LogP contribution in [-0.4, -0.2) is 5.78 Å². The van der Waals surface area contributed by atoms with Gasteiger partial charge in [0.05, 0.1) is 4.88 Å². The van der Waals surface area contributed by atoms with Crippen molar-refractivity contribution in [1.29, 1.82) is 0 Å². The van der Waals surface area contributed by atoms with E-state index in [-0.39, 0.29) is 5.78 Å². The Morgan fingerprint density at radius 1 is 1.35 bits per heavy atom. The van der Waals surface area contributed by atoms with Gasteiger partial charge in [-0.05, 0) is 36.8 Å². The van der Waals surface area contributed by atoms with Crippen molar-refractivity contribution in [2.75, 3.05) is 5.73 Å². The fourth-order valence-corrected chi connectivity index (χ4v) is 2.62. The van der Waals surface area contributed by atoms with E-state index in [1.54, 1.807) is 18.2 Å². The number of benzene rings is 1. The summed E-state index contributed by atoms with van der Waals surface area (Å²) in [6.45, 7) is 2.06. The molecule has 0 radical (unpaired) electrons. The molecule has 2 nitrogen and oxygen atoms in total. The molecule has 1 heterocycles. The van der Waals surface area contributed by atoms with Crippen LogP contribution in [0, 0.1) is 0 Å². The fraction of sp³-hybridized carbons (Fsp3) is 0.154. The second-order valence-electron chi connectivity index (χ2n) is 3.68. The second-order valence-corrected chi connectivity index (χ2v) is 5.28. The summed E-state index contributed by atoms with van der Waals surface area (Å²) < 4.78 is 0. The summed E-state index contributed by atoms with van der Waals surface area (Å²) in [5, 5.41) is 0.523. The van der Waals surface area contributed by atoms with Crippen molar-refractivity contribution in [1.82, 2.24) is 0 Å². The molecule has 2 aromatic rings. The zero-order chi connectivity index (χ0) is 12.4. The van der Waals surface area contributed by atoms with Gasteiger partial charge >= 0.3 is 0 Å². The van der Waals surface area contributed by atoms with Gasteiger partial charge in [-0.25, -0.2) is 0 Å². The molecule has 2 rings (SSSR count). The highest BCUT2D eigenvalue weighted by atomic mass is 35.5. The summed E-state index contributed by atoms with van der Waals surface area (Å²) in [6, 6.07) is 8.76. The van der Waals surface area contributed by atoms with E-state index in [2.05, 4.69) is 6.92 Å². The molecule has 0 bridgehead atoms. The lowest BCUT2D eigenvalue weighted by molar-refractivity contribution is 0.104. The molecule has 88 valence electrons. The van der Waals surface area contributed by atoms with Crippen molar-refractivity contribution in [2.45, 2.75) is 13.3 Å². The van der Waals surface area contributed by atoms with Gasteiger partial charge in [-0.15, -0.1) is 11.3 Å². The lowest BCUT2D eigenvalue weighted by atomic mass is 10.1. The largest absolute Gasteiger partial charge is 0.398 e. The summed E-state index contributed by atoms with van der Waals surface area (Å²) in [6.07, 6.45) is 0.934. The number of rotatable bonds is 3. The maximum Gasteiger partial charge on any atom is 0.205 e. The molecule has 0 amide bonds. The maximum absolute atomic E-state index is 12.2. The molecule has 1 aromatic heterocycles. The number of carbonyl (C=O) groups is 1. The monoisotopic (exact) mass is 265 g/mol. The molecule has 0 saturated carbocycles. The van der Waals surface area contributed by atoms with Gasteiger partial charge in [0, 0.05) is 21.2 Å². The van der Waals surface area contributed by atoms with Crippen LogP contribution in [0.5, 0.6) is 0 Å². The second kappa shape index (κ2) is 4.90. The first-order chi connectivity index (χ1) is 8.11. The molecule has 0 aliphatic carbocycles. The molecule has 0 atom stereocenters. The van der Waals surface area contributed by atoms with Crippen LogP contribution in [0.2, 0.25) is 5.02 Å². The van der Waals surface area contributed by atoms with Crippen LogP contribution in [0.15, 0.2) is 30.3 Å². The number of nitrogens with two attached hydrogens (primary N) is 1. The molecule has 0 aliphatic rings. The molecular weight excluding hydrogens is 254 g/mol. The normalized spacial score (nSPS) is 10.5. The molecule has 0 saturated heterocycles. The number of anilines is 1. The van der Waals surface area contributed by atoms with Crippen molar-refractivity contribution >= 4 is 34.4 Å². The number of ketones is 1. The Balaban J connectivity index is 2.39. The Morgan fingerprint density at radius 2 is 2.12 bits per heavy atom. The van der Waals surface area contributed by atoms with Crippen molar-refractivity contribution in [3.05, 3.63) is 50.7 Å². The SMILES string of the molecule is CCc1ccc(C(=O)c2cc(Cl)ccc2N)s1. The van der Waals surface area contributed by atoms with Gasteiger partial charge in [-0.2, -0.15) is 0 Å². The molecule has 17 heavy (non-hydrogen) atoms. The van der Waals surface area contributed by atoms with Gasteiger partial charge in [0.15, 0.2) is 0 Å². The van der Waals surface area contributed by atoms with Crippen molar-refractivity contribution in [3.8, 4) is 0 Å². The first kappa shape index (κ1) is 12.1. The molecule has 0 unspecified atom stereocenters. The molecule has 0 spiro atoms. The highest BCUT2D eigenvalue weighted by Crippen LogP contribution is 2.25. The molecule has 2 N–H and O–H groups in total. The number of hydrogen-bond donors (Lipinski definition) is 1. The Morgan fingerprint density at radius 3 is 2.76 bits per heavy atom. The molecule has 0 aliphatic heterocycles. The molecular formula is C13H12ClNOS. The number of nitrogen functional groups attached to an aromatic ring is 1. The maximum atomic E-state index is 12.2. The quantitative estimate of drug-likeness (QED) is 0.678. The van der Waals surface area contributed by atoms with E-state index in [1.165, 1.54) is 16.2 Å². The van der Waals surface area contributed by atoms with E-state index in [1.807, 2.05) is 12.1 Å². The number of aryl methyl sites for hydroxylation is 1. The summed E-state index contributed by atoms with van der Waals surface area (Å²) in [4.78, 5) is 14.1. The minimum Gasteiger partial charge on any atom is -0.398 e. The molecule has 0 fully saturated rings. The predicted molar refractivity (Wildman–Crippen MR) is 73.0 cm³/mol. The topological polar surface area (TPSA) is 43.1 Å². The Labute approximate surface area is 109 Å². The van der Waals surface area contributed by atoms with E-state index in [0.717, 1.165) is 6.42 Å². The average Bonchev–Trinajstić information content (AvgIpc) is 2.80. The van der Waals surface area contributed by atoms with Crippen LogP contribution in [0.1, 0.15) is 27.0 Å². The Bertz CT molecular complexity index is 562. The zero-order valence-electron chi connectivity index (χ0n) is 9.37. The third-order valence-corrected chi connectivity index (χ3v) is 3.96. The van der Waals surface area contributed by atoms with E-state index >= 15 is 0 Å². The first-order valence-electron chi connectivity index (χ1n) is 5.30. The van der Waals surface area contributed by atoms with Gasteiger partial charge in [-0.3, -0.25) is 4.79 Å². The standard InChI is InChI=1S/C13H12ClNOS/c1-2-9-4-6-12(17-9)13(16)10-7-8(14)3-5-11(10)15/h3-7H,2,15H2,1H3. The number of halogens is 1. The van der Waals surface area contributed by atoms with Crippen LogP contribution in [0.4, 0.5) is 5.69 Å². The van der Waals surface area contributed by atoms with Crippen LogP contribution < -0.4 is 5.73 Å². The van der Waals surface area contributed by atoms with Crippen LogP contribution in [-0.2, 0) is 6.42 Å². The third kappa shape index (κ3) is 2.51. The van der Waals surface area contributed by atoms with Crippen molar-refractivity contribution < 1.29 is 4.79 Å². The first-order valence-corrected chi connectivity index (χ1v) is 6.49. The third-order valence-electron chi connectivity index (χ3n) is 2.49. The van der Waals surface area contributed by atoms with E-state index in [4.69, 9.17) is 17.3 Å². The lowest BCUT2D eigenvalue weighted by Gasteiger charge is -2.03. The van der Waals surface area contributed by atoms with E-state index in [9.17, 15) is 4.79 Å². The van der Waals surface area contributed by atoms with Gasteiger partial charge in [-0.1, -0.05) is 18.5 Å². The van der Waals surface area contributed by atoms with Gasteiger partial charge < -0.3 is 5.73 Å². The lowest BCUT2D eigenvalue weighted by Crippen LogP contribution is -2.03. The van der Waals surface area contributed by atoms with E-state index in [0.29, 0.717) is 21.2 Å². The number of thiophene rings is 1. The summed E-state index contributed by atoms with van der Waals surface area (Å²) in [5.41, 5.74) is 6.73. The van der Waals surface area contributed by atoms with Gasteiger partial charge in [0.25, 0.3) is 0 Å². The highest BCUT2D eigenvalue weighted by Gasteiger charge is 2.14. The number of carbonyl (C=O) groups excluding carboxylic acids is 1. The van der Waals surface area contributed by atoms with Crippen molar-refractivity contribution in [3.63, 3.8) is 0 Å². The highest BCUT2D eigenvalue weighted by molar-refractivity contribution is 7.14. The molecule has 1 aromatic carbocycles. The van der Waals surface area contributed by atoms with Crippen LogP contribution >= 0.6 is 22.9 Å². The average molecular weight is 266 g/mol.